The van der Waals surface area contributed by atoms with Crippen molar-refractivity contribution in [3.05, 3.63) is 35.0 Å². The highest BCUT2D eigenvalue weighted by Crippen LogP contribution is 2.37. The second-order valence-corrected chi connectivity index (χ2v) is 9.34. The maximum absolute atomic E-state index is 4.63. The van der Waals surface area contributed by atoms with Crippen molar-refractivity contribution < 1.29 is 0 Å². The van der Waals surface area contributed by atoms with Crippen molar-refractivity contribution in [3.8, 4) is 10.7 Å². The molecule has 3 aromatic heterocycles. The van der Waals surface area contributed by atoms with Gasteiger partial charge in [0.2, 0.25) is 0 Å². The van der Waals surface area contributed by atoms with E-state index >= 15 is 0 Å². The molecule has 0 unspecified atom stereocenters. The predicted molar refractivity (Wildman–Crippen MR) is 116 cm³/mol. The van der Waals surface area contributed by atoms with Gasteiger partial charge in [-0.1, -0.05) is 52.4 Å². The van der Waals surface area contributed by atoms with Crippen LogP contribution in [0.2, 0.25) is 0 Å². The summed E-state index contributed by atoms with van der Waals surface area (Å²) < 4.78 is 2.78. The first-order valence-corrected chi connectivity index (χ1v) is 11.8. The molecular weight excluding hydrogens is 356 g/mol. The summed E-state index contributed by atoms with van der Waals surface area (Å²) in [4.78, 5) is 12.0. The van der Waals surface area contributed by atoms with E-state index in [1.807, 2.05) is 35.1 Å². The van der Waals surface area contributed by atoms with Crippen molar-refractivity contribution in [2.75, 3.05) is 0 Å². The van der Waals surface area contributed by atoms with Gasteiger partial charge in [-0.15, -0.1) is 22.7 Å². The predicted octanol–water partition coefficient (Wildman–Crippen LogP) is 7.67. The van der Waals surface area contributed by atoms with E-state index in [-0.39, 0.29) is 0 Å². The topological polar surface area (TPSA) is 25.8 Å². The normalized spacial score (nSPS) is 11.5. The molecule has 26 heavy (non-hydrogen) atoms. The maximum atomic E-state index is 4.63. The molecule has 4 heteroatoms. The fourth-order valence-electron chi connectivity index (χ4n) is 3.21. The maximum Gasteiger partial charge on any atom is 0.169 e. The fraction of sp³-hybridized carbons (Fsp3) is 0.545. The second kappa shape index (κ2) is 10.2. The van der Waals surface area contributed by atoms with Crippen molar-refractivity contribution in [2.45, 2.75) is 78.1 Å². The van der Waals surface area contributed by atoms with Crippen LogP contribution in [0.5, 0.6) is 0 Å². The first kappa shape index (κ1) is 19.5. The Labute approximate surface area is 165 Å². The number of aromatic nitrogens is 2. The van der Waals surface area contributed by atoms with E-state index in [2.05, 4.69) is 35.9 Å². The highest BCUT2D eigenvalue weighted by Gasteiger charge is 2.10. The van der Waals surface area contributed by atoms with Gasteiger partial charge in [-0.05, 0) is 43.4 Å². The first-order valence-electron chi connectivity index (χ1n) is 10.1. The minimum absolute atomic E-state index is 0.876. The van der Waals surface area contributed by atoms with Crippen molar-refractivity contribution in [3.63, 3.8) is 0 Å². The quantitative estimate of drug-likeness (QED) is 0.316. The third-order valence-corrected chi connectivity index (χ3v) is 7.13. The Morgan fingerprint density at radius 1 is 0.731 bits per heavy atom. The van der Waals surface area contributed by atoms with Gasteiger partial charge in [-0.25, -0.2) is 9.97 Å². The molecule has 0 saturated carbocycles. The number of hydrogen-bond acceptors (Lipinski definition) is 4. The lowest BCUT2D eigenvalue weighted by Gasteiger charge is -2.02. The zero-order chi connectivity index (χ0) is 18.2. The molecule has 0 aliphatic rings. The van der Waals surface area contributed by atoms with E-state index in [0.717, 1.165) is 12.2 Å². The number of aryl methyl sites for hydroxylation is 2. The van der Waals surface area contributed by atoms with Crippen LogP contribution in [0.15, 0.2) is 24.5 Å². The van der Waals surface area contributed by atoms with Gasteiger partial charge in [0.05, 0.1) is 4.88 Å². The number of fused-ring (bicyclic) bond motifs is 1. The van der Waals surface area contributed by atoms with E-state index in [1.165, 1.54) is 82.5 Å². The SMILES string of the molecule is CCCCCCCc1cnc(-c2cc3sc(CCCCC)cc3s2)nc1. The lowest BCUT2D eigenvalue weighted by atomic mass is 10.1. The number of nitrogens with zero attached hydrogens (tertiary/aromatic N) is 2. The summed E-state index contributed by atoms with van der Waals surface area (Å²) in [6.07, 6.45) is 16.9. The molecule has 3 aromatic rings. The van der Waals surface area contributed by atoms with E-state index in [9.17, 15) is 0 Å². The van der Waals surface area contributed by atoms with Crippen LogP contribution in [0, 0.1) is 0 Å². The van der Waals surface area contributed by atoms with Gasteiger partial charge >= 0.3 is 0 Å². The zero-order valence-corrected chi connectivity index (χ0v) is 17.7. The third kappa shape index (κ3) is 5.37. The van der Waals surface area contributed by atoms with Crippen LogP contribution in [0.3, 0.4) is 0 Å². The lowest BCUT2D eigenvalue weighted by Crippen LogP contribution is -1.92. The summed E-state index contributed by atoms with van der Waals surface area (Å²) in [6, 6.07) is 4.64. The van der Waals surface area contributed by atoms with Crippen LogP contribution >= 0.6 is 22.7 Å². The number of rotatable bonds is 11. The van der Waals surface area contributed by atoms with Crippen molar-refractivity contribution in [1.29, 1.82) is 0 Å². The molecule has 0 saturated heterocycles. The summed E-state index contributed by atoms with van der Waals surface area (Å²) in [7, 11) is 0. The van der Waals surface area contributed by atoms with Crippen LogP contribution in [-0.2, 0) is 12.8 Å². The first-order chi connectivity index (χ1) is 12.8. The van der Waals surface area contributed by atoms with Gasteiger partial charge in [0.1, 0.15) is 0 Å². The number of hydrogen-bond donors (Lipinski definition) is 0. The lowest BCUT2D eigenvalue weighted by molar-refractivity contribution is 0.631. The van der Waals surface area contributed by atoms with Crippen molar-refractivity contribution >= 4 is 32.1 Å². The molecule has 0 aliphatic heterocycles. The monoisotopic (exact) mass is 386 g/mol. The molecule has 0 aliphatic carbocycles. The summed E-state index contributed by atoms with van der Waals surface area (Å²) in [5.74, 6) is 0.876. The Kier molecular flexibility index (Phi) is 7.63. The molecule has 0 radical (unpaired) electrons. The average Bonchev–Trinajstić information content (AvgIpc) is 3.21. The average molecular weight is 387 g/mol. The molecule has 0 aromatic carbocycles. The summed E-state index contributed by atoms with van der Waals surface area (Å²) in [5, 5.41) is 0. The molecule has 0 N–H and O–H groups in total. The van der Waals surface area contributed by atoms with E-state index in [0.29, 0.717) is 0 Å². The Morgan fingerprint density at radius 3 is 2.12 bits per heavy atom. The van der Waals surface area contributed by atoms with E-state index in [1.54, 1.807) is 0 Å². The van der Waals surface area contributed by atoms with Gasteiger partial charge < -0.3 is 0 Å². The largest absolute Gasteiger partial charge is 0.236 e. The third-order valence-electron chi connectivity index (χ3n) is 4.78. The molecule has 0 fully saturated rings. The second-order valence-electron chi connectivity index (χ2n) is 7.09. The highest BCUT2D eigenvalue weighted by atomic mass is 32.1. The Hall–Kier alpha value is -1.26. The standard InChI is InChI=1S/C22H30N2S2/c1-3-5-7-8-10-11-17-15-23-22(24-16-17)21-14-20-19(26-21)13-18(25-20)12-9-6-4-2/h13-16H,3-12H2,1-2H3. The van der Waals surface area contributed by atoms with Crippen LogP contribution < -0.4 is 0 Å². The minimum atomic E-state index is 0.876. The van der Waals surface area contributed by atoms with Crippen LogP contribution in [0.25, 0.3) is 20.1 Å². The molecule has 0 bridgehead atoms. The molecule has 0 atom stereocenters. The molecule has 2 nitrogen and oxygen atoms in total. The van der Waals surface area contributed by atoms with Gasteiger partial charge in [0, 0.05) is 26.7 Å². The van der Waals surface area contributed by atoms with Gasteiger partial charge in [-0.3, -0.25) is 0 Å². The summed E-state index contributed by atoms with van der Waals surface area (Å²) >= 11 is 3.77. The summed E-state index contributed by atoms with van der Waals surface area (Å²) in [6.45, 7) is 4.52. The van der Waals surface area contributed by atoms with Gasteiger partial charge in [0.15, 0.2) is 5.82 Å². The van der Waals surface area contributed by atoms with E-state index in [4.69, 9.17) is 0 Å². The molecule has 3 heterocycles. The minimum Gasteiger partial charge on any atom is -0.236 e. The molecule has 0 spiro atoms. The van der Waals surface area contributed by atoms with Crippen molar-refractivity contribution in [2.24, 2.45) is 0 Å². The van der Waals surface area contributed by atoms with Crippen LogP contribution in [-0.4, -0.2) is 9.97 Å². The number of unbranched alkanes of at least 4 members (excludes halogenated alkanes) is 6. The smallest absolute Gasteiger partial charge is 0.169 e. The van der Waals surface area contributed by atoms with E-state index < -0.39 is 0 Å². The zero-order valence-electron chi connectivity index (χ0n) is 16.1. The van der Waals surface area contributed by atoms with Crippen LogP contribution in [0.4, 0.5) is 0 Å². The number of thiophene rings is 2. The van der Waals surface area contributed by atoms with Gasteiger partial charge in [0.25, 0.3) is 0 Å². The molecule has 0 amide bonds. The highest BCUT2D eigenvalue weighted by molar-refractivity contribution is 7.29. The van der Waals surface area contributed by atoms with Crippen molar-refractivity contribution in [1.82, 2.24) is 9.97 Å². The fourth-order valence-corrected chi connectivity index (χ4v) is 5.62. The van der Waals surface area contributed by atoms with Crippen LogP contribution in [0.1, 0.15) is 75.7 Å². The Bertz CT molecular complexity index is 755. The summed E-state index contributed by atoms with van der Waals surface area (Å²) in [5.41, 5.74) is 1.27. The Balaban J connectivity index is 1.57. The Morgan fingerprint density at radius 2 is 1.38 bits per heavy atom. The molecular formula is C22H30N2S2. The van der Waals surface area contributed by atoms with Gasteiger partial charge in [-0.2, -0.15) is 0 Å². The molecule has 140 valence electrons. The molecule has 3 rings (SSSR count).